The van der Waals surface area contributed by atoms with Crippen LogP contribution in [-0.4, -0.2) is 31.1 Å². The van der Waals surface area contributed by atoms with E-state index in [0.717, 1.165) is 35.8 Å². The van der Waals surface area contributed by atoms with Gasteiger partial charge in [-0.05, 0) is 44.5 Å². The highest BCUT2D eigenvalue weighted by molar-refractivity contribution is 14.0. The minimum absolute atomic E-state index is 0. The van der Waals surface area contributed by atoms with Gasteiger partial charge in [0.2, 0.25) is 0 Å². The minimum Gasteiger partial charge on any atom is -0.487 e. The zero-order valence-electron chi connectivity index (χ0n) is 18.0. The van der Waals surface area contributed by atoms with Gasteiger partial charge in [0.1, 0.15) is 11.4 Å². The number of hydrogen-bond donors (Lipinski definition) is 3. The van der Waals surface area contributed by atoms with Gasteiger partial charge in [-0.3, -0.25) is 4.79 Å². The molecule has 1 amide bonds. The highest BCUT2D eigenvalue weighted by Gasteiger charge is 2.33. The van der Waals surface area contributed by atoms with E-state index in [2.05, 4.69) is 35.9 Å². The van der Waals surface area contributed by atoms with E-state index >= 15 is 0 Å². The number of benzene rings is 2. The zero-order valence-corrected chi connectivity index (χ0v) is 20.3. The zero-order chi connectivity index (χ0) is 20.9. The van der Waals surface area contributed by atoms with Crippen LogP contribution in [0.15, 0.2) is 53.5 Å². The van der Waals surface area contributed by atoms with Crippen molar-refractivity contribution < 1.29 is 9.53 Å². The van der Waals surface area contributed by atoms with E-state index < -0.39 is 0 Å². The number of para-hydroxylation sites is 1. The summed E-state index contributed by atoms with van der Waals surface area (Å²) < 4.78 is 6.13. The third-order valence-corrected chi connectivity index (χ3v) is 4.87. The van der Waals surface area contributed by atoms with Gasteiger partial charge in [0.25, 0.3) is 5.91 Å². The molecule has 6 nitrogen and oxygen atoms in total. The fraction of sp³-hybridized carbons (Fsp3) is 0.391. The molecule has 3 N–H and O–H groups in total. The lowest BCUT2D eigenvalue weighted by atomic mass is 9.90. The van der Waals surface area contributed by atoms with Crippen LogP contribution in [0.4, 0.5) is 0 Å². The number of rotatable bonds is 5. The lowest BCUT2D eigenvalue weighted by Gasteiger charge is -2.38. The highest BCUT2D eigenvalue weighted by atomic mass is 127. The Morgan fingerprint density at radius 2 is 1.97 bits per heavy atom. The van der Waals surface area contributed by atoms with E-state index in [1.807, 2.05) is 43.3 Å². The van der Waals surface area contributed by atoms with Crippen molar-refractivity contribution in [1.82, 2.24) is 16.0 Å². The van der Waals surface area contributed by atoms with Gasteiger partial charge in [-0.15, -0.1) is 24.0 Å². The van der Waals surface area contributed by atoms with Crippen LogP contribution < -0.4 is 20.7 Å². The predicted molar refractivity (Wildman–Crippen MR) is 132 cm³/mol. The maximum absolute atomic E-state index is 11.9. The molecule has 0 bridgehead atoms. The summed E-state index contributed by atoms with van der Waals surface area (Å²) in [5, 5.41) is 9.55. The maximum atomic E-state index is 11.9. The molecule has 1 heterocycles. The SMILES string of the molecule is CCNC(=NCc1cccc(C(=O)NC)c1)NC1CC(C)(C)Oc2ccccc21.I. The average molecular weight is 522 g/mol. The molecule has 0 aromatic heterocycles. The van der Waals surface area contributed by atoms with E-state index in [1.54, 1.807) is 13.1 Å². The lowest BCUT2D eigenvalue weighted by Crippen LogP contribution is -2.45. The fourth-order valence-electron chi connectivity index (χ4n) is 3.54. The summed E-state index contributed by atoms with van der Waals surface area (Å²) in [5.74, 6) is 1.56. The van der Waals surface area contributed by atoms with Gasteiger partial charge >= 0.3 is 0 Å². The van der Waals surface area contributed by atoms with Gasteiger partial charge in [-0.2, -0.15) is 0 Å². The molecule has 0 fully saturated rings. The van der Waals surface area contributed by atoms with E-state index in [0.29, 0.717) is 12.1 Å². The smallest absolute Gasteiger partial charge is 0.251 e. The molecule has 1 unspecified atom stereocenters. The second-order valence-electron chi connectivity index (χ2n) is 7.78. The summed E-state index contributed by atoms with van der Waals surface area (Å²) in [4.78, 5) is 16.6. The molecule has 1 aliphatic heterocycles. The number of ether oxygens (including phenoxy) is 1. The number of nitrogens with one attached hydrogen (secondary N) is 3. The molecule has 3 rings (SSSR count). The van der Waals surface area contributed by atoms with Crippen molar-refractivity contribution in [2.75, 3.05) is 13.6 Å². The second-order valence-corrected chi connectivity index (χ2v) is 7.78. The molecular weight excluding hydrogens is 491 g/mol. The van der Waals surface area contributed by atoms with Gasteiger partial charge in [0.05, 0.1) is 12.6 Å². The first-order valence-electron chi connectivity index (χ1n) is 10.1. The van der Waals surface area contributed by atoms with Crippen LogP contribution >= 0.6 is 24.0 Å². The summed E-state index contributed by atoms with van der Waals surface area (Å²) in [6.45, 7) is 7.50. The molecule has 0 saturated heterocycles. The Morgan fingerprint density at radius 1 is 1.20 bits per heavy atom. The van der Waals surface area contributed by atoms with Crippen LogP contribution in [0.2, 0.25) is 0 Å². The van der Waals surface area contributed by atoms with Crippen molar-refractivity contribution in [2.45, 2.75) is 45.4 Å². The standard InChI is InChI=1S/C23H30N4O2.HI/c1-5-25-22(26-15-16-9-8-10-17(13-16)21(28)24-4)27-19-14-23(2,3)29-20-12-7-6-11-18(19)20;/h6-13,19H,5,14-15H2,1-4H3,(H,24,28)(H2,25,26,27);1H. The number of hydrogen-bond acceptors (Lipinski definition) is 3. The molecule has 1 aliphatic rings. The van der Waals surface area contributed by atoms with Crippen LogP contribution in [0.25, 0.3) is 0 Å². The fourth-order valence-corrected chi connectivity index (χ4v) is 3.54. The molecule has 1 atom stereocenters. The minimum atomic E-state index is -0.259. The van der Waals surface area contributed by atoms with Gasteiger partial charge in [-0.25, -0.2) is 4.99 Å². The second kappa shape index (κ2) is 10.7. The number of aliphatic imine (C=N–C) groups is 1. The van der Waals surface area contributed by atoms with Crippen LogP contribution in [0, 0.1) is 0 Å². The number of halogens is 1. The van der Waals surface area contributed by atoms with Gasteiger partial charge in [0.15, 0.2) is 5.96 Å². The number of carbonyl (C=O) groups is 1. The number of guanidine groups is 1. The first kappa shape index (κ1) is 24.0. The first-order chi connectivity index (χ1) is 13.9. The van der Waals surface area contributed by atoms with Crippen molar-refractivity contribution in [2.24, 2.45) is 4.99 Å². The van der Waals surface area contributed by atoms with E-state index in [4.69, 9.17) is 9.73 Å². The Labute approximate surface area is 195 Å². The van der Waals surface area contributed by atoms with E-state index in [1.165, 1.54) is 0 Å². The molecule has 2 aromatic rings. The Kier molecular flexibility index (Phi) is 8.52. The molecule has 30 heavy (non-hydrogen) atoms. The molecule has 0 saturated carbocycles. The number of amides is 1. The number of nitrogens with zero attached hydrogens (tertiary/aromatic N) is 1. The Morgan fingerprint density at radius 3 is 2.70 bits per heavy atom. The van der Waals surface area contributed by atoms with Crippen LogP contribution in [0.1, 0.15) is 54.7 Å². The molecule has 162 valence electrons. The van der Waals surface area contributed by atoms with Crippen molar-refractivity contribution >= 4 is 35.8 Å². The van der Waals surface area contributed by atoms with E-state index in [-0.39, 0.29) is 41.5 Å². The summed E-state index contributed by atoms with van der Waals surface area (Å²) >= 11 is 0. The monoisotopic (exact) mass is 522 g/mol. The van der Waals surface area contributed by atoms with Crippen molar-refractivity contribution in [3.05, 3.63) is 65.2 Å². The molecule has 7 heteroatoms. The largest absolute Gasteiger partial charge is 0.487 e. The summed E-state index contributed by atoms with van der Waals surface area (Å²) in [6.07, 6.45) is 0.834. The average Bonchev–Trinajstić information content (AvgIpc) is 2.71. The highest BCUT2D eigenvalue weighted by Crippen LogP contribution is 2.39. The third kappa shape index (κ3) is 6.10. The molecule has 0 radical (unpaired) electrons. The molecule has 0 aliphatic carbocycles. The Hall–Kier alpha value is -2.29. The van der Waals surface area contributed by atoms with Crippen molar-refractivity contribution in [1.29, 1.82) is 0 Å². The van der Waals surface area contributed by atoms with Crippen LogP contribution in [0.5, 0.6) is 5.75 Å². The van der Waals surface area contributed by atoms with Gasteiger partial charge in [-0.1, -0.05) is 30.3 Å². The molecule has 2 aromatic carbocycles. The quantitative estimate of drug-likeness (QED) is 0.315. The summed E-state index contributed by atoms with van der Waals surface area (Å²) in [6, 6.07) is 15.8. The van der Waals surface area contributed by atoms with Gasteiger partial charge < -0.3 is 20.7 Å². The third-order valence-electron chi connectivity index (χ3n) is 4.87. The van der Waals surface area contributed by atoms with E-state index in [9.17, 15) is 4.79 Å². The number of fused-ring (bicyclic) bond motifs is 1. The van der Waals surface area contributed by atoms with Crippen molar-refractivity contribution in [3.63, 3.8) is 0 Å². The first-order valence-corrected chi connectivity index (χ1v) is 10.1. The maximum Gasteiger partial charge on any atom is 0.251 e. The molecular formula is C23H31IN4O2. The van der Waals surface area contributed by atoms with Crippen LogP contribution in [0.3, 0.4) is 0 Å². The summed E-state index contributed by atoms with van der Waals surface area (Å²) in [5.41, 5.74) is 2.50. The topological polar surface area (TPSA) is 74.8 Å². The lowest BCUT2D eigenvalue weighted by molar-refractivity contribution is 0.0694. The van der Waals surface area contributed by atoms with Crippen molar-refractivity contribution in [3.8, 4) is 5.75 Å². The number of carbonyl (C=O) groups excluding carboxylic acids is 1. The van der Waals surface area contributed by atoms with Gasteiger partial charge in [0, 0.05) is 31.1 Å². The Bertz CT molecular complexity index is 898. The normalized spacial score (nSPS) is 17.1. The summed E-state index contributed by atoms with van der Waals surface area (Å²) in [7, 11) is 1.63. The predicted octanol–water partition coefficient (Wildman–Crippen LogP) is 4.02. The molecule has 0 spiro atoms. The Balaban J connectivity index is 0.00000320. The van der Waals surface area contributed by atoms with Crippen LogP contribution in [-0.2, 0) is 6.54 Å².